The van der Waals surface area contributed by atoms with Crippen LogP contribution in [0.2, 0.25) is 0 Å². The van der Waals surface area contributed by atoms with Crippen LogP contribution in [0.3, 0.4) is 0 Å². The Morgan fingerprint density at radius 2 is 1.55 bits per heavy atom. The highest BCUT2D eigenvalue weighted by Crippen LogP contribution is 2.72. The zero-order chi connectivity index (χ0) is 37.6. The fourth-order valence-electron chi connectivity index (χ4n) is 14.5. The molecule has 2 spiro atoms. The second-order valence-electron chi connectivity index (χ2n) is 17.9. The van der Waals surface area contributed by atoms with Crippen molar-refractivity contribution in [3.63, 3.8) is 0 Å². The summed E-state index contributed by atoms with van der Waals surface area (Å²) < 4.78 is 30.0. The van der Waals surface area contributed by atoms with Crippen LogP contribution in [0, 0.1) is 10.8 Å². The number of hydrogen-bond donors (Lipinski definition) is 3. The van der Waals surface area contributed by atoms with Gasteiger partial charge in [0.2, 0.25) is 0 Å². The molecule has 5 fully saturated rings. The van der Waals surface area contributed by atoms with Crippen molar-refractivity contribution in [2.24, 2.45) is 10.8 Å². The average Bonchev–Trinajstić information content (AvgIpc) is 3.55. The maximum Gasteiger partial charge on any atom is 0.335 e. The number of rotatable bonds is 5. The number of carbonyl (C=O) groups excluding carboxylic acids is 2. The van der Waals surface area contributed by atoms with Gasteiger partial charge in [-0.15, -0.1) is 0 Å². The summed E-state index contributed by atoms with van der Waals surface area (Å²) in [5, 5.41) is 20.4. The molecule has 5 saturated heterocycles. The molecule has 3 N–H and O–H groups in total. The third-order valence-corrected chi connectivity index (χ3v) is 16.5. The standard InChI is InChI=1S/C43H48N4O8/c1-6-40-17-22(36(49)52-4)32-42(24-9-8-20(51-3)14-26(24)44-32)11-13-47(39(40)42)30-21-15-25-27(16-28(21)54-31(30)34(40)48)45-33-23(37(50)53-5)18-41(7-2)35-29(55-35)19-46-12-10-43(25,33)38(41)46/h8-9,14-16,29-31,34-35,38-39,44-45,48H,6-7,10-13,17-19H2,1-5H3/t29-,30-,31+,34-,35-,38+,39+,40-,41-,42+,43+/m1/s1. The minimum atomic E-state index is -0.858. The quantitative estimate of drug-likeness (QED) is 0.298. The van der Waals surface area contributed by atoms with Crippen molar-refractivity contribution in [1.82, 2.24) is 9.80 Å². The van der Waals surface area contributed by atoms with Crippen LogP contribution in [0.15, 0.2) is 52.9 Å². The number of methoxy groups -OCH3 is 3. The monoisotopic (exact) mass is 748 g/mol. The highest BCUT2D eigenvalue weighted by atomic mass is 16.6. The predicted molar refractivity (Wildman–Crippen MR) is 200 cm³/mol. The summed E-state index contributed by atoms with van der Waals surface area (Å²) in [6.45, 7) is 7.02. The number of fused-ring (bicyclic) bond motifs is 8. The Hall–Kier alpha value is -4.10. The summed E-state index contributed by atoms with van der Waals surface area (Å²) in [6, 6.07) is 10.6. The molecule has 55 heavy (non-hydrogen) atoms. The van der Waals surface area contributed by atoms with E-state index in [0.717, 1.165) is 89.9 Å². The maximum atomic E-state index is 13.7. The number of ether oxygens (including phenoxy) is 5. The molecule has 8 heterocycles. The van der Waals surface area contributed by atoms with Gasteiger partial charge in [0.15, 0.2) is 0 Å². The van der Waals surface area contributed by atoms with Crippen molar-refractivity contribution in [3.8, 4) is 11.5 Å². The first-order valence-electron chi connectivity index (χ1n) is 20.2. The lowest BCUT2D eigenvalue weighted by molar-refractivity contribution is -0.168. The Morgan fingerprint density at radius 3 is 2.24 bits per heavy atom. The summed E-state index contributed by atoms with van der Waals surface area (Å²) in [7, 11) is 4.59. The molecule has 0 bridgehead atoms. The Bertz CT molecular complexity index is 2220. The van der Waals surface area contributed by atoms with E-state index >= 15 is 0 Å². The van der Waals surface area contributed by atoms with Gasteiger partial charge < -0.3 is 39.4 Å². The molecular formula is C43H48N4O8. The molecule has 0 aromatic heterocycles. The van der Waals surface area contributed by atoms with Gasteiger partial charge in [0.1, 0.15) is 23.7 Å². The first-order chi connectivity index (χ1) is 26.6. The van der Waals surface area contributed by atoms with Crippen LogP contribution in [0.1, 0.15) is 75.1 Å². The first-order valence-corrected chi connectivity index (χ1v) is 20.2. The van der Waals surface area contributed by atoms with E-state index in [1.807, 2.05) is 12.1 Å². The second-order valence-corrected chi connectivity index (χ2v) is 17.9. The van der Waals surface area contributed by atoms with Gasteiger partial charge in [0, 0.05) is 76.5 Å². The highest BCUT2D eigenvalue weighted by Gasteiger charge is 2.76. The molecule has 12 nitrogen and oxygen atoms in total. The first kappa shape index (κ1) is 33.1. The number of nitrogens with zero attached hydrogens (tertiary/aromatic N) is 2. The number of aliphatic hydroxyl groups is 1. The summed E-state index contributed by atoms with van der Waals surface area (Å²) in [6.07, 6.45) is 3.21. The SMILES string of the molecule is CC[C@@]12CC(C(=O)OC)=C3Nc4cc5c(cc4[C@@]34CCN(C[C@H]3O[C@H]31)[C@@H]24)[C@@H]1[C@H](O5)[C@@H](O)[C@@]2(CC)CC(C(=O)OC)=C3Nc4cc(OC)ccc4[C@@]34CCN1[C@@H]24. The highest BCUT2D eigenvalue weighted by molar-refractivity contribution is 5.94. The van der Waals surface area contributed by atoms with Crippen molar-refractivity contribution in [2.45, 2.75) is 106 Å². The maximum absolute atomic E-state index is 13.7. The van der Waals surface area contributed by atoms with Gasteiger partial charge >= 0.3 is 11.9 Å². The molecule has 8 aliphatic heterocycles. The normalized spacial score (nSPS) is 41.6. The van der Waals surface area contributed by atoms with Gasteiger partial charge in [-0.2, -0.15) is 0 Å². The molecule has 2 aliphatic carbocycles. The molecule has 0 saturated carbocycles. The molecule has 12 heteroatoms. The molecule has 11 atom stereocenters. The molecule has 0 radical (unpaired) electrons. The largest absolute Gasteiger partial charge is 0.497 e. The molecule has 2 aromatic rings. The summed E-state index contributed by atoms with van der Waals surface area (Å²) in [4.78, 5) is 32.7. The molecule has 0 unspecified atom stereocenters. The summed E-state index contributed by atoms with van der Waals surface area (Å²) in [5.74, 6) is 0.881. The van der Waals surface area contributed by atoms with E-state index in [4.69, 9.17) is 23.7 Å². The van der Waals surface area contributed by atoms with Crippen molar-refractivity contribution in [2.75, 3.05) is 51.6 Å². The van der Waals surface area contributed by atoms with E-state index in [1.54, 1.807) is 7.11 Å². The van der Waals surface area contributed by atoms with Gasteiger partial charge in [0.25, 0.3) is 0 Å². The Balaban J connectivity index is 1.04. The topological polar surface area (TPSA) is 134 Å². The minimum absolute atomic E-state index is 0.112. The zero-order valence-corrected chi connectivity index (χ0v) is 32.0. The zero-order valence-electron chi connectivity index (χ0n) is 32.0. The van der Waals surface area contributed by atoms with E-state index in [0.29, 0.717) is 24.8 Å². The van der Waals surface area contributed by atoms with Crippen molar-refractivity contribution in [3.05, 3.63) is 69.6 Å². The van der Waals surface area contributed by atoms with Gasteiger partial charge in [-0.05, 0) is 68.3 Å². The van der Waals surface area contributed by atoms with E-state index in [-0.39, 0.29) is 47.7 Å². The molecule has 288 valence electrons. The molecule has 10 aliphatic rings. The van der Waals surface area contributed by atoms with E-state index < -0.39 is 28.5 Å². The van der Waals surface area contributed by atoms with Crippen LogP contribution in [-0.2, 0) is 34.6 Å². The lowest BCUT2D eigenvalue weighted by Gasteiger charge is -2.60. The minimum Gasteiger partial charge on any atom is -0.497 e. The number of nitrogens with one attached hydrogen (secondary N) is 2. The van der Waals surface area contributed by atoms with Crippen LogP contribution in [0.5, 0.6) is 11.5 Å². The van der Waals surface area contributed by atoms with Crippen LogP contribution >= 0.6 is 0 Å². The number of hydrogen-bond acceptors (Lipinski definition) is 12. The fourth-order valence-corrected chi connectivity index (χ4v) is 14.5. The van der Waals surface area contributed by atoms with Gasteiger partial charge in [0.05, 0.1) is 61.6 Å². The number of piperidine rings is 2. The fraction of sp³-hybridized carbons (Fsp3) is 0.581. The van der Waals surface area contributed by atoms with Crippen molar-refractivity contribution >= 4 is 23.3 Å². The molecule has 12 rings (SSSR count). The number of anilines is 2. The van der Waals surface area contributed by atoms with Gasteiger partial charge in [-0.1, -0.05) is 19.9 Å². The number of benzene rings is 2. The third kappa shape index (κ3) is 3.50. The lowest BCUT2D eigenvalue weighted by Crippen LogP contribution is -2.69. The Morgan fingerprint density at radius 1 is 0.873 bits per heavy atom. The van der Waals surface area contributed by atoms with Crippen LogP contribution in [0.25, 0.3) is 0 Å². The van der Waals surface area contributed by atoms with Crippen LogP contribution in [0.4, 0.5) is 11.4 Å². The van der Waals surface area contributed by atoms with E-state index in [2.05, 4.69) is 52.5 Å². The van der Waals surface area contributed by atoms with Crippen LogP contribution < -0.4 is 20.1 Å². The number of esters is 2. The molecule has 2 aromatic carbocycles. The lowest BCUT2D eigenvalue weighted by atomic mass is 9.51. The van der Waals surface area contributed by atoms with Crippen molar-refractivity contribution < 1.29 is 38.4 Å². The number of carbonyl (C=O) groups is 2. The number of epoxide rings is 1. The van der Waals surface area contributed by atoms with Crippen LogP contribution in [-0.4, -0.2) is 104 Å². The van der Waals surface area contributed by atoms with Crippen molar-refractivity contribution in [1.29, 1.82) is 0 Å². The molecular weight excluding hydrogens is 700 g/mol. The van der Waals surface area contributed by atoms with Gasteiger partial charge in [-0.25, -0.2) is 9.59 Å². The Labute approximate surface area is 320 Å². The van der Waals surface area contributed by atoms with E-state index in [9.17, 15) is 14.7 Å². The van der Waals surface area contributed by atoms with E-state index in [1.165, 1.54) is 19.8 Å². The third-order valence-electron chi connectivity index (χ3n) is 16.5. The average molecular weight is 749 g/mol. The predicted octanol–water partition coefficient (Wildman–Crippen LogP) is 4.28. The van der Waals surface area contributed by atoms with Gasteiger partial charge in [-0.3, -0.25) is 9.80 Å². The molecule has 0 amide bonds. The Kier molecular flexibility index (Phi) is 6.28. The second kappa shape index (κ2) is 10.4. The number of aliphatic hydroxyl groups excluding tert-OH is 1. The summed E-state index contributed by atoms with van der Waals surface area (Å²) >= 11 is 0. The smallest absolute Gasteiger partial charge is 0.335 e. The summed E-state index contributed by atoms with van der Waals surface area (Å²) in [5.41, 5.74) is 6.69.